The van der Waals surface area contributed by atoms with Gasteiger partial charge in [0.2, 0.25) is 0 Å². The highest BCUT2D eigenvalue weighted by Crippen LogP contribution is 2.42. The number of hydrogen-bond acceptors (Lipinski definition) is 2. The van der Waals surface area contributed by atoms with Crippen LogP contribution < -0.4 is 0 Å². The summed E-state index contributed by atoms with van der Waals surface area (Å²) in [6.45, 7) is 4.58. The Balaban J connectivity index is 2.47. The molecule has 0 aliphatic heterocycles. The van der Waals surface area contributed by atoms with Crippen molar-refractivity contribution in [2.45, 2.75) is 38.5 Å². The molecule has 2 rings (SSSR count). The minimum Gasteiger partial charge on any atom is -0.234 e. The Hall–Kier alpha value is 0.110. The molecule has 0 bridgehead atoms. The lowest BCUT2D eigenvalue weighted by molar-refractivity contribution is 0.525. The minimum atomic E-state index is 0.666. The zero-order chi connectivity index (χ0) is 8.72. The molecule has 2 atom stereocenters. The molecule has 1 heterocycles. The molecule has 2 unspecified atom stereocenters. The van der Waals surface area contributed by atoms with E-state index in [1.54, 1.807) is 0 Å². The van der Waals surface area contributed by atoms with E-state index in [-0.39, 0.29) is 0 Å². The van der Waals surface area contributed by atoms with Gasteiger partial charge in [-0.15, -0.1) is 11.3 Å². The van der Waals surface area contributed by atoms with E-state index in [0.717, 1.165) is 9.83 Å². The summed E-state index contributed by atoms with van der Waals surface area (Å²) in [6.07, 6.45) is 2.62. The zero-order valence-corrected chi connectivity index (χ0v) is 9.70. The minimum absolute atomic E-state index is 0.666. The van der Waals surface area contributed by atoms with Gasteiger partial charge in [0.05, 0.1) is 5.69 Å². The zero-order valence-electron chi connectivity index (χ0n) is 7.30. The third-order valence-electron chi connectivity index (χ3n) is 2.60. The Morgan fingerprint density at radius 2 is 2.00 bits per heavy atom. The highest BCUT2D eigenvalue weighted by Gasteiger charge is 2.25. The van der Waals surface area contributed by atoms with E-state index in [9.17, 15) is 0 Å². The van der Waals surface area contributed by atoms with Crippen LogP contribution in [0.1, 0.15) is 49.1 Å². The summed E-state index contributed by atoms with van der Waals surface area (Å²) in [5.74, 6) is 1.39. The molecule has 0 saturated heterocycles. The highest BCUT2D eigenvalue weighted by molar-refractivity contribution is 9.11. The summed E-state index contributed by atoms with van der Waals surface area (Å²) >= 11 is 5.26. The van der Waals surface area contributed by atoms with Crippen LogP contribution in [0.5, 0.6) is 0 Å². The molecular weight excluding hydrogens is 234 g/mol. The normalized spacial score (nSPS) is 28.6. The fourth-order valence-corrected chi connectivity index (χ4v) is 3.50. The number of thiazole rings is 1. The van der Waals surface area contributed by atoms with Gasteiger partial charge in [0.15, 0.2) is 3.92 Å². The van der Waals surface area contributed by atoms with Crippen molar-refractivity contribution in [2.24, 2.45) is 0 Å². The number of fused-ring (bicyclic) bond motifs is 1. The van der Waals surface area contributed by atoms with Crippen molar-refractivity contribution >= 4 is 27.3 Å². The van der Waals surface area contributed by atoms with Crippen LogP contribution in [0.2, 0.25) is 0 Å². The molecule has 0 aromatic carbocycles. The van der Waals surface area contributed by atoms with E-state index < -0.39 is 0 Å². The van der Waals surface area contributed by atoms with Gasteiger partial charge in [-0.25, -0.2) is 4.98 Å². The summed E-state index contributed by atoms with van der Waals surface area (Å²) in [7, 11) is 0. The number of halogens is 1. The standard InChI is InChI=1S/C9H12BrNS/c1-5-3-4-6(2)8-7(5)11-9(10)12-8/h5-6H,3-4H2,1-2H3. The summed E-state index contributed by atoms with van der Waals surface area (Å²) in [5.41, 5.74) is 1.34. The van der Waals surface area contributed by atoms with E-state index in [1.807, 2.05) is 11.3 Å². The van der Waals surface area contributed by atoms with Crippen molar-refractivity contribution in [1.82, 2.24) is 4.98 Å². The molecule has 1 aromatic heterocycles. The number of rotatable bonds is 0. The molecule has 66 valence electrons. The Bertz CT molecular complexity index is 267. The lowest BCUT2D eigenvalue weighted by Crippen LogP contribution is -2.08. The number of hydrogen-bond donors (Lipinski definition) is 0. The van der Waals surface area contributed by atoms with Crippen molar-refractivity contribution < 1.29 is 0 Å². The van der Waals surface area contributed by atoms with Crippen LogP contribution in [0, 0.1) is 0 Å². The van der Waals surface area contributed by atoms with E-state index in [4.69, 9.17) is 0 Å². The Morgan fingerprint density at radius 3 is 2.67 bits per heavy atom. The van der Waals surface area contributed by atoms with Gasteiger partial charge in [0.25, 0.3) is 0 Å². The molecule has 0 radical (unpaired) electrons. The fourth-order valence-electron chi connectivity index (χ4n) is 1.79. The van der Waals surface area contributed by atoms with E-state index in [0.29, 0.717) is 5.92 Å². The first-order chi connectivity index (χ1) is 5.68. The first-order valence-electron chi connectivity index (χ1n) is 4.34. The van der Waals surface area contributed by atoms with Crippen molar-refractivity contribution in [1.29, 1.82) is 0 Å². The molecule has 0 N–H and O–H groups in total. The quantitative estimate of drug-likeness (QED) is 0.676. The Labute approximate surface area is 85.3 Å². The van der Waals surface area contributed by atoms with Crippen molar-refractivity contribution in [3.63, 3.8) is 0 Å². The molecule has 0 amide bonds. The highest BCUT2D eigenvalue weighted by atomic mass is 79.9. The summed E-state index contributed by atoms with van der Waals surface area (Å²) < 4.78 is 1.05. The van der Waals surface area contributed by atoms with Gasteiger partial charge in [0.1, 0.15) is 0 Å². The second-order valence-corrected chi connectivity index (χ2v) is 5.90. The van der Waals surface area contributed by atoms with Crippen LogP contribution in [0.15, 0.2) is 3.92 Å². The smallest absolute Gasteiger partial charge is 0.159 e. The molecule has 0 spiro atoms. The van der Waals surface area contributed by atoms with Gasteiger partial charge in [-0.05, 0) is 40.6 Å². The maximum Gasteiger partial charge on any atom is 0.159 e. The molecule has 12 heavy (non-hydrogen) atoms. The average molecular weight is 246 g/mol. The third-order valence-corrected chi connectivity index (χ3v) is 4.36. The number of aromatic nitrogens is 1. The lowest BCUT2D eigenvalue weighted by Gasteiger charge is -2.21. The van der Waals surface area contributed by atoms with Crippen LogP contribution >= 0.6 is 27.3 Å². The molecule has 3 heteroatoms. The van der Waals surface area contributed by atoms with Gasteiger partial charge in [-0.1, -0.05) is 13.8 Å². The third kappa shape index (κ3) is 1.33. The molecule has 0 saturated carbocycles. The fraction of sp³-hybridized carbons (Fsp3) is 0.667. The molecule has 1 aromatic rings. The second-order valence-electron chi connectivity index (χ2n) is 3.60. The van der Waals surface area contributed by atoms with Gasteiger partial charge < -0.3 is 0 Å². The van der Waals surface area contributed by atoms with E-state index in [1.165, 1.54) is 23.4 Å². The van der Waals surface area contributed by atoms with Crippen molar-refractivity contribution in [2.75, 3.05) is 0 Å². The van der Waals surface area contributed by atoms with Gasteiger partial charge in [-0.3, -0.25) is 0 Å². The van der Waals surface area contributed by atoms with Gasteiger partial charge in [0, 0.05) is 4.88 Å². The summed E-state index contributed by atoms with van der Waals surface area (Å²) in [4.78, 5) is 6.02. The Kier molecular flexibility index (Phi) is 2.25. The van der Waals surface area contributed by atoms with Gasteiger partial charge >= 0.3 is 0 Å². The summed E-state index contributed by atoms with van der Waals surface area (Å²) in [5, 5.41) is 0. The predicted octanol–water partition coefficient (Wildman–Crippen LogP) is 3.91. The van der Waals surface area contributed by atoms with Crippen LogP contribution in [0.3, 0.4) is 0 Å². The topological polar surface area (TPSA) is 12.9 Å². The van der Waals surface area contributed by atoms with Crippen molar-refractivity contribution in [3.05, 3.63) is 14.5 Å². The average Bonchev–Trinajstić information content (AvgIpc) is 2.41. The monoisotopic (exact) mass is 245 g/mol. The van der Waals surface area contributed by atoms with Crippen LogP contribution in [-0.4, -0.2) is 4.98 Å². The molecule has 1 aliphatic carbocycles. The second kappa shape index (κ2) is 3.11. The lowest BCUT2D eigenvalue weighted by atomic mass is 9.86. The molecule has 0 fully saturated rings. The van der Waals surface area contributed by atoms with Crippen molar-refractivity contribution in [3.8, 4) is 0 Å². The van der Waals surface area contributed by atoms with E-state index >= 15 is 0 Å². The molecular formula is C9H12BrNS. The van der Waals surface area contributed by atoms with Crippen LogP contribution in [0.4, 0.5) is 0 Å². The number of nitrogens with zero attached hydrogens (tertiary/aromatic N) is 1. The largest absolute Gasteiger partial charge is 0.234 e. The maximum atomic E-state index is 4.52. The SMILES string of the molecule is CC1CCC(C)c2sc(Br)nc21. The van der Waals surface area contributed by atoms with Crippen LogP contribution in [0.25, 0.3) is 0 Å². The predicted molar refractivity (Wildman–Crippen MR) is 55.9 cm³/mol. The summed E-state index contributed by atoms with van der Waals surface area (Å²) in [6, 6.07) is 0. The molecule has 1 aliphatic rings. The van der Waals surface area contributed by atoms with Crippen LogP contribution in [-0.2, 0) is 0 Å². The Morgan fingerprint density at radius 1 is 1.33 bits per heavy atom. The first kappa shape index (κ1) is 8.70. The van der Waals surface area contributed by atoms with E-state index in [2.05, 4.69) is 34.8 Å². The first-order valence-corrected chi connectivity index (χ1v) is 5.95. The maximum absolute atomic E-state index is 4.52. The molecule has 1 nitrogen and oxygen atoms in total. The van der Waals surface area contributed by atoms with Gasteiger partial charge in [-0.2, -0.15) is 0 Å².